The Morgan fingerprint density at radius 2 is 2.33 bits per heavy atom. The van der Waals surface area contributed by atoms with Crippen LogP contribution in [0.15, 0.2) is 24.3 Å². The monoisotopic (exact) mass is 219 g/mol. The molecular formula is C12H13NOS. The quantitative estimate of drug-likeness (QED) is 0.722. The van der Waals surface area contributed by atoms with Crippen molar-refractivity contribution < 1.29 is 4.79 Å². The van der Waals surface area contributed by atoms with Crippen LogP contribution in [0.1, 0.15) is 12.0 Å². The number of hydrogen-bond donors (Lipinski definition) is 0. The minimum absolute atomic E-state index is 0.232. The molecule has 2 atom stereocenters. The van der Waals surface area contributed by atoms with Crippen molar-refractivity contribution in [3.8, 4) is 0 Å². The van der Waals surface area contributed by atoms with Crippen molar-refractivity contribution in [2.24, 2.45) is 0 Å². The van der Waals surface area contributed by atoms with Gasteiger partial charge in [0.1, 0.15) is 0 Å². The summed E-state index contributed by atoms with van der Waals surface area (Å²) >= 11 is 1.81. The SMILES string of the molecule is Cc1cccc(N2C(=O)C3CC2CS3)c1. The van der Waals surface area contributed by atoms with Gasteiger partial charge in [-0.15, -0.1) is 11.8 Å². The van der Waals surface area contributed by atoms with Gasteiger partial charge in [0.2, 0.25) is 5.91 Å². The summed E-state index contributed by atoms with van der Waals surface area (Å²) in [6.45, 7) is 2.07. The number of carbonyl (C=O) groups excluding carboxylic acids is 1. The van der Waals surface area contributed by atoms with Crippen LogP contribution in [0.2, 0.25) is 0 Å². The number of hydrogen-bond acceptors (Lipinski definition) is 2. The van der Waals surface area contributed by atoms with Gasteiger partial charge >= 0.3 is 0 Å². The van der Waals surface area contributed by atoms with Gasteiger partial charge in [0.05, 0.1) is 5.25 Å². The lowest BCUT2D eigenvalue weighted by Crippen LogP contribution is -2.38. The molecule has 2 bridgehead atoms. The fourth-order valence-corrected chi connectivity index (χ4v) is 3.77. The molecule has 0 N–H and O–H groups in total. The maximum absolute atomic E-state index is 12.0. The zero-order valence-corrected chi connectivity index (χ0v) is 9.46. The van der Waals surface area contributed by atoms with E-state index in [0.29, 0.717) is 11.9 Å². The van der Waals surface area contributed by atoms with Crippen LogP contribution < -0.4 is 4.90 Å². The first-order valence-corrected chi connectivity index (χ1v) is 6.32. The first-order chi connectivity index (χ1) is 7.25. The lowest BCUT2D eigenvalue weighted by atomic mass is 10.2. The average molecular weight is 219 g/mol. The maximum Gasteiger partial charge on any atom is 0.240 e. The summed E-state index contributed by atoms with van der Waals surface area (Å²) in [5.74, 6) is 1.41. The molecule has 1 aromatic rings. The Morgan fingerprint density at radius 1 is 1.47 bits per heavy atom. The molecule has 15 heavy (non-hydrogen) atoms. The second-order valence-corrected chi connectivity index (χ2v) is 5.49. The van der Waals surface area contributed by atoms with Gasteiger partial charge in [-0.25, -0.2) is 0 Å². The molecule has 0 aromatic heterocycles. The van der Waals surface area contributed by atoms with Crippen LogP contribution in [0.25, 0.3) is 0 Å². The summed E-state index contributed by atoms with van der Waals surface area (Å²) in [4.78, 5) is 14.0. The van der Waals surface area contributed by atoms with Crippen molar-refractivity contribution in [2.45, 2.75) is 24.6 Å². The second-order valence-electron chi connectivity index (χ2n) is 4.26. The highest BCUT2D eigenvalue weighted by Gasteiger charge is 2.45. The fraction of sp³-hybridized carbons (Fsp3) is 0.417. The Labute approximate surface area is 93.7 Å². The third-order valence-corrected chi connectivity index (χ3v) is 4.51. The molecule has 3 heteroatoms. The van der Waals surface area contributed by atoms with E-state index in [4.69, 9.17) is 0 Å². The summed E-state index contributed by atoms with van der Waals surface area (Å²) in [6.07, 6.45) is 1.04. The number of thioether (sulfide) groups is 1. The minimum Gasteiger partial charge on any atom is -0.308 e. The van der Waals surface area contributed by atoms with Crippen LogP contribution in [0.3, 0.4) is 0 Å². The summed E-state index contributed by atoms with van der Waals surface area (Å²) < 4.78 is 0. The molecule has 2 saturated heterocycles. The third-order valence-electron chi connectivity index (χ3n) is 3.13. The molecule has 2 fully saturated rings. The molecular weight excluding hydrogens is 206 g/mol. The van der Waals surface area contributed by atoms with Gasteiger partial charge in [-0.2, -0.15) is 0 Å². The number of nitrogens with zero attached hydrogens (tertiary/aromatic N) is 1. The van der Waals surface area contributed by atoms with Crippen molar-refractivity contribution in [3.63, 3.8) is 0 Å². The molecule has 0 saturated carbocycles. The number of anilines is 1. The number of benzene rings is 1. The van der Waals surface area contributed by atoms with Gasteiger partial charge in [0, 0.05) is 17.5 Å². The molecule has 2 aliphatic heterocycles. The van der Waals surface area contributed by atoms with Crippen LogP contribution in [-0.4, -0.2) is 23.0 Å². The second kappa shape index (κ2) is 3.27. The van der Waals surface area contributed by atoms with E-state index in [1.807, 2.05) is 28.8 Å². The molecule has 2 unspecified atom stereocenters. The van der Waals surface area contributed by atoms with Gasteiger partial charge in [-0.05, 0) is 31.0 Å². The van der Waals surface area contributed by atoms with Gasteiger partial charge in [-0.1, -0.05) is 12.1 Å². The zero-order chi connectivity index (χ0) is 10.4. The molecule has 0 aliphatic carbocycles. The number of carbonyl (C=O) groups is 1. The Kier molecular flexibility index (Phi) is 2.02. The summed E-state index contributed by atoms with van der Waals surface area (Å²) in [5, 5.41) is 0.232. The van der Waals surface area contributed by atoms with Crippen molar-refractivity contribution >= 4 is 23.4 Å². The van der Waals surface area contributed by atoms with Crippen molar-refractivity contribution in [3.05, 3.63) is 29.8 Å². The Morgan fingerprint density at radius 3 is 3.00 bits per heavy atom. The normalized spacial score (nSPS) is 28.9. The molecule has 0 spiro atoms. The van der Waals surface area contributed by atoms with E-state index < -0.39 is 0 Å². The summed E-state index contributed by atoms with van der Waals surface area (Å²) in [6, 6.07) is 8.67. The Hall–Kier alpha value is -0.960. The molecule has 1 amide bonds. The maximum atomic E-state index is 12.0. The molecule has 2 nitrogen and oxygen atoms in total. The number of aryl methyl sites for hydroxylation is 1. The molecule has 2 aliphatic rings. The third kappa shape index (κ3) is 1.37. The number of amides is 1. The topological polar surface area (TPSA) is 20.3 Å². The summed E-state index contributed by atoms with van der Waals surface area (Å²) in [5.41, 5.74) is 2.29. The standard InChI is InChI=1S/C12H13NOS/c1-8-3-2-4-9(5-8)13-10-6-11(12(13)14)15-7-10/h2-5,10-11H,6-7H2,1H3. The first-order valence-electron chi connectivity index (χ1n) is 5.27. The number of rotatable bonds is 1. The lowest BCUT2D eigenvalue weighted by molar-refractivity contribution is -0.116. The molecule has 78 valence electrons. The smallest absolute Gasteiger partial charge is 0.240 e. The van der Waals surface area contributed by atoms with Gasteiger partial charge < -0.3 is 4.90 Å². The van der Waals surface area contributed by atoms with Crippen LogP contribution in [-0.2, 0) is 4.79 Å². The Balaban J connectivity index is 1.98. The van der Waals surface area contributed by atoms with Crippen LogP contribution in [0, 0.1) is 6.92 Å². The van der Waals surface area contributed by atoms with Gasteiger partial charge in [0.15, 0.2) is 0 Å². The lowest BCUT2D eigenvalue weighted by Gasteiger charge is -2.27. The van der Waals surface area contributed by atoms with E-state index in [2.05, 4.69) is 19.1 Å². The van der Waals surface area contributed by atoms with Crippen molar-refractivity contribution in [1.82, 2.24) is 0 Å². The van der Waals surface area contributed by atoms with Gasteiger partial charge in [0.25, 0.3) is 0 Å². The Bertz CT molecular complexity index is 418. The first kappa shape index (κ1) is 9.28. The highest BCUT2D eigenvalue weighted by molar-refractivity contribution is 8.01. The highest BCUT2D eigenvalue weighted by Crippen LogP contribution is 2.41. The van der Waals surface area contributed by atoms with Gasteiger partial charge in [-0.3, -0.25) is 4.79 Å². The van der Waals surface area contributed by atoms with E-state index >= 15 is 0 Å². The average Bonchev–Trinajstić information content (AvgIpc) is 2.77. The van der Waals surface area contributed by atoms with E-state index in [1.54, 1.807) is 0 Å². The summed E-state index contributed by atoms with van der Waals surface area (Å²) in [7, 11) is 0. The molecule has 2 heterocycles. The van der Waals surface area contributed by atoms with E-state index in [1.165, 1.54) is 5.56 Å². The predicted octanol–water partition coefficient (Wildman–Crippen LogP) is 2.22. The highest BCUT2D eigenvalue weighted by atomic mass is 32.2. The minimum atomic E-state index is 0.232. The molecule has 1 aromatic carbocycles. The van der Waals surface area contributed by atoms with E-state index in [9.17, 15) is 4.79 Å². The number of fused-ring (bicyclic) bond motifs is 2. The fourth-order valence-electron chi connectivity index (χ4n) is 2.41. The predicted molar refractivity (Wildman–Crippen MR) is 63.3 cm³/mol. The molecule has 0 radical (unpaired) electrons. The zero-order valence-electron chi connectivity index (χ0n) is 8.64. The molecule has 3 rings (SSSR count). The van der Waals surface area contributed by atoms with Crippen LogP contribution in [0.4, 0.5) is 5.69 Å². The van der Waals surface area contributed by atoms with E-state index in [-0.39, 0.29) is 5.25 Å². The van der Waals surface area contributed by atoms with Crippen LogP contribution in [0.5, 0.6) is 0 Å². The van der Waals surface area contributed by atoms with E-state index in [0.717, 1.165) is 17.9 Å². The van der Waals surface area contributed by atoms with Crippen molar-refractivity contribution in [2.75, 3.05) is 10.7 Å². The largest absolute Gasteiger partial charge is 0.308 e. The van der Waals surface area contributed by atoms with Crippen molar-refractivity contribution in [1.29, 1.82) is 0 Å². The van der Waals surface area contributed by atoms with Crippen LogP contribution >= 0.6 is 11.8 Å².